The van der Waals surface area contributed by atoms with E-state index in [9.17, 15) is 4.79 Å². The van der Waals surface area contributed by atoms with E-state index in [-0.39, 0.29) is 11.8 Å². The smallest absolute Gasteiger partial charge is 0.234 e. The molecule has 2 heterocycles. The Kier molecular flexibility index (Phi) is 4.39. The van der Waals surface area contributed by atoms with Crippen molar-refractivity contribution in [2.24, 2.45) is 5.92 Å². The predicted molar refractivity (Wildman–Crippen MR) is 88.3 cm³/mol. The molecule has 0 N–H and O–H groups in total. The SMILES string of the molecule is COc1ccc2c(c1)CC(C(=O)N(C)c1ccc(Cl)cn1)CO2. The number of ether oxygens (including phenoxy) is 2. The summed E-state index contributed by atoms with van der Waals surface area (Å²) in [6.45, 7) is 0.357. The number of anilines is 1. The van der Waals surface area contributed by atoms with Crippen LogP contribution in [0.15, 0.2) is 36.5 Å². The summed E-state index contributed by atoms with van der Waals surface area (Å²) >= 11 is 5.83. The first-order valence-electron chi connectivity index (χ1n) is 7.27. The summed E-state index contributed by atoms with van der Waals surface area (Å²) in [4.78, 5) is 18.4. The molecule has 2 aromatic rings. The minimum atomic E-state index is -0.253. The lowest BCUT2D eigenvalue weighted by molar-refractivity contribution is -0.123. The summed E-state index contributed by atoms with van der Waals surface area (Å²) in [6, 6.07) is 9.07. The minimum Gasteiger partial charge on any atom is -0.497 e. The van der Waals surface area contributed by atoms with Crippen molar-refractivity contribution in [2.75, 3.05) is 25.7 Å². The van der Waals surface area contributed by atoms with Crippen LogP contribution < -0.4 is 14.4 Å². The molecule has 23 heavy (non-hydrogen) atoms. The molecule has 0 radical (unpaired) electrons. The van der Waals surface area contributed by atoms with E-state index in [4.69, 9.17) is 21.1 Å². The van der Waals surface area contributed by atoms with Gasteiger partial charge in [0.1, 0.15) is 23.9 Å². The maximum absolute atomic E-state index is 12.7. The van der Waals surface area contributed by atoms with E-state index >= 15 is 0 Å². The van der Waals surface area contributed by atoms with Gasteiger partial charge in [-0.3, -0.25) is 9.69 Å². The molecule has 1 atom stereocenters. The van der Waals surface area contributed by atoms with Gasteiger partial charge in [-0.25, -0.2) is 4.98 Å². The molecule has 0 spiro atoms. The summed E-state index contributed by atoms with van der Waals surface area (Å²) < 4.78 is 10.9. The number of methoxy groups -OCH3 is 1. The molecule has 5 nitrogen and oxygen atoms in total. The molecule has 1 aromatic heterocycles. The lowest BCUT2D eigenvalue weighted by Crippen LogP contribution is -2.39. The predicted octanol–water partition coefficient (Wildman–Crippen LogP) is 2.96. The summed E-state index contributed by atoms with van der Waals surface area (Å²) in [5, 5.41) is 0.539. The molecule has 0 fully saturated rings. The fourth-order valence-electron chi connectivity index (χ4n) is 2.61. The van der Waals surface area contributed by atoms with E-state index in [2.05, 4.69) is 4.98 Å². The summed E-state index contributed by atoms with van der Waals surface area (Å²) in [7, 11) is 3.33. The number of carbonyl (C=O) groups is 1. The third-order valence-electron chi connectivity index (χ3n) is 3.91. The molecule has 3 rings (SSSR count). The number of aromatic nitrogens is 1. The summed E-state index contributed by atoms with van der Waals surface area (Å²) in [5.41, 5.74) is 0.978. The van der Waals surface area contributed by atoms with Crippen LogP contribution in [-0.4, -0.2) is 31.7 Å². The van der Waals surface area contributed by atoms with E-state index in [1.807, 2.05) is 18.2 Å². The van der Waals surface area contributed by atoms with Crippen LogP contribution >= 0.6 is 11.6 Å². The molecule has 120 valence electrons. The van der Waals surface area contributed by atoms with Crippen LogP contribution in [0.5, 0.6) is 11.5 Å². The second-order valence-corrected chi connectivity index (χ2v) is 5.85. The van der Waals surface area contributed by atoms with Crippen molar-refractivity contribution in [3.8, 4) is 11.5 Å². The Labute approximate surface area is 139 Å². The number of carbonyl (C=O) groups excluding carboxylic acids is 1. The average molecular weight is 333 g/mol. The molecule has 1 aliphatic heterocycles. The van der Waals surface area contributed by atoms with Crippen LogP contribution in [0, 0.1) is 5.92 Å². The van der Waals surface area contributed by atoms with Crippen LogP contribution in [-0.2, 0) is 11.2 Å². The number of rotatable bonds is 3. The van der Waals surface area contributed by atoms with Crippen molar-refractivity contribution >= 4 is 23.3 Å². The van der Waals surface area contributed by atoms with E-state index in [1.54, 1.807) is 26.3 Å². The Balaban J connectivity index is 1.76. The van der Waals surface area contributed by atoms with Gasteiger partial charge in [-0.15, -0.1) is 0 Å². The van der Waals surface area contributed by atoms with Crippen molar-refractivity contribution in [2.45, 2.75) is 6.42 Å². The van der Waals surface area contributed by atoms with Gasteiger partial charge in [0, 0.05) is 13.2 Å². The number of benzene rings is 1. The van der Waals surface area contributed by atoms with Crippen molar-refractivity contribution in [3.05, 3.63) is 47.1 Å². The molecule has 1 aromatic carbocycles. The number of nitrogens with zero attached hydrogens (tertiary/aromatic N) is 2. The number of amides is 1. The second kappa shape index (κ2) is 6.46. The van der Waals surface area contributed by atoms with Crippen molar-refractivity contribution in [1.82, 2.24) is 4.98 Å². The molecule has 6 heteroatoms. The minimum absolute atomic E-state index is 0.0340. The van der Waals surface area contributed by atoms with Gasteiger partial charge in [0.25, 0.3) is 0 Å². The van der Waals surface area contributed by atoms with Gasteiger partial charge in [0.2, 0.25) is 5.91 Å². The quantitative estimate of drug-likeness (QED) is 0.867. The molecule has 1 aliphatic rings. The third kappa shape index (κ3) is 3.24. The molecule has 1 unspecified atom stereocenters. The largest absolute Gasteiger partial charge is 0.497 e. The number of fused-ring (bicyclic) bond motifs is 1. The highest BCUT2D eigenvalue weighted by atomic mass is 35.5. The average Bonchev–Trinajstić information content (AvgIpc) is 2.60. The molecule has 1 amide bonds. The Hall–Kier alpha value is -2.27. The fraction of sp³-hybridized carbons (Fsp3) is 0.294. The highest BCUT2D eigenvalue weighted by molar-refractivity contribution is 6.30. The third-order valence-corrected chi connectivity index (χ3v) is 4.13. The zero-order valence-corrected chi connectivity index (χ0v) is 13.7. The van der Waals surface area contributed by atoms with Crippen LogP contribution in [0.1, 0.15) is 5.56 Å². The molecule has 0 saturated carbocycles. The van der Waals surface area contributed by atoms with Crippen molar-refractivity contribution in [3.63, 3.8) is 0 Å². The lowest BCUT2D eigenvalue weighted by atomic mass is 9.95. The highest BCUT2D eigenvalue weighted by Crippen LogP contribution is 2.31. The molecule has 0 bridgehead atoms. The number of pyridine rings is 1. The number of hydrogen-bond donors (Lipinski definition) is 0. The molecule has 0 aliphatic carbocycles. The van der Waals surface area contributed by atoms with Gasteiger partial charge in [0.15, 0.2) is 0 Å². The Morgan fingerprint density at radius 2 is 2.22 bits per heavy atom. The van der Waals surface area contributed by atoms with E-state index in [1.165, 1.54) is 11.1 Å². The Morgan fingerprint density at radius 3 is 2.91 bits per heavy atom. The van der Waals surface area contributed by atoms with Gasteiger partial charge in [0.05, 0.1) is 18.1 Å². The maximum atomic E-state index is 12.7. The van der Waals surface area contributed by atoms with Crippen LogP contribution in [0.2, 0.25) is 5.02 Å². The van der Waals surface area contributed by atoms with E-state index < -0.39 is 0 Å². The zero-order chi connectivity index (χ0) is 16.4. The molecular formula is C17H17ClN2O3. The zero-order valence-electron chi connectivity index (χ0n) is 13.0. The molecular weight excluding hydrogens is 316 g/mol. The lowest BCUT2D eigenvalue weighted by Gasteiger charge is -2.28. The van der Waals surface area contributed by atoms with Gasteiger partial charge in [-0.05, 0) is 42.3 Å². The van der Waals surface area contributed by atoms with E-state index in [0.29, 0.717) is 23.9 Å². The Morgan fingerprint density at radius 1 is 1.39 bits per heavy atom. The first-order chi connectivity index (χ1) is 11.1. The first kappa shape index (κ1) is 15.6. The first-order valence-corrected chi connectivity index (χ1v) is 7.65. The highest BCUT2D eigenvalue weighted by Gasteiger charge is 2.29. The van der Waals surface area contributed by atoms with Crippen molar-refractivity contribution in [1.29, 1.82) is 0 Å². The maximum Gasteiger partial charge on any atom is 0.234 e. The van der Waals surface area contributed by atoms with Gasteiger partial charge in [-0.1, -0.05) is 11.6 Å². The van der Waals surface area contributed by atoms with E-state index in [0.717, 1.165) is 17.1 Å². The summed E-state index contributed by atoms with van der Waals surface area (Å²) in [5.74, 6) is 1.84. The summed E-state index contributed by atoms with van der Waals surface area (Å²) in [6.07, 6.45) is 2.14. The standard InChI is InChI=1S/C17H17ClN2O3/c1-20(16-6-3-13(18)9-19-16)17(21)12-7-11-8-14(22-2)4-5-15(11)23-10-12/h3-6,8-9,12H,7,10H2,1-2H3. The van der Waals surface area contributed by atoms with Crippen LogP contribution in [0.25, 0.3) is 0 Å². The van der Waals surface area contributed by atoms with Crippen molar-refractivity contribution < 1.29 is 14.3 Å². The topological polar surface area (TPSA) is 51.7 Å². The van der Waals surface area contributed by atoms with Gasteiger partial charge in [-0.2, -0.15) is 0 Å². The number of hydrogen-bond acceptors (Lipinski definition) is 4. The van der Waals surface area contributed by atoms with Gasteiger partial charge >= 0.3 is 0 Å². The fourth-order valence-corrected chi connectivity index (χ4v) is 2.72. The number of halogens is 1. The van der Waals surface area contributed by atoms with Crippen LogP contribution in [0.3, 0.4) is 0 Å². The normalized spacial score (nSPS) is 16.2. The molecule has 0 saturated heterocycles. The second-order valence-electron chi connectivity index (χ2n) is 5.42. The van der Waals surface area contributed by atoms with Gasteiger partial charge < -0.3 is 9.47 Å². The monoisotopic (exact) mass is 332 g/mol. The van der Waals surface area contributed by atoms with Crippen LogP contribution in [0.4, 0.5) is 5.82 Å². The Bertz CT molecular complexity index is 718.